The first-order valence-electron chi connectivity index (χ1n) is 4.73. The molecule has 0 aromatic heterocycles. The SMILES string of the molecule is ICCCC1(CCCI)OCCO1. The Morgan fingerprint density at radius 3 is 1.77 bits per heavy atom. The molecule has 2 nitrogen and oxygen atoms in total. The Labute approximate surface area is 107 Å². The van der Waals surface area contributed by atoms with E-state index in [1.807, 2.05) is 0 Å². The van der Waals surface area contributed by atoms with Crippen molar-refractivity contribution in [1.82, 2.24) is 0 Å². The van der Waals surface area contributed by atoms with Crippen LogP contribution in [0.1, 0.15) is 25.7 Å². The van der Waals surface area contributed by atoms with Crippen molar-refractivity contribution < 1.29 is 9.47 Å². The fraction of sp³-hybridized carbons (Fsp3) is 1.00. The molecule has 1 aliphatic rings. The number of alkyl halides is 2. The van der Waals surface area contributed by atoms with Crippen LogP contribution in [0.2, 0.25) is 0 Å². The molecule has 0 radical (unpaired) electrons. The van der Waals surface area contributed by atoms with Crippen LogP contribution >= 0.6 is 45.2 Å². The second kappa shape index (κ2) is 6.79. The van der Waals surface area contributed by atoms with E-state index in [0.29, 0.717) is 0 Å². The number of halogens is 2. The molecule has 0 unspecified atom stereocenters. The predicted octanol–water partition coefficient (Wildman–Crippen LogP) is 3.16. The van der Waals surface area contributed by atoms with Crippen LogP contribution in [0.3, 0.4) is 0 Å². The van der Waals surface area contributed by atoms with Gasteiger partial charge in [-0.25, -0.2) is 0 Å². The Hall–Kier alpha value is 1.38. The minimum absolute atomic E-state index is 0.212. The van der Waals surface area contributed by atoms with Crippen LogP contribution in [0.5, 0.6) is 0 Å². The molecule has 1 rings (SSSR count). The summed E-state index contributed by atoms with van der Waals surface area (Å²) in [6, 6.07) is 0. The second-order valence-corrected chi connectivity index (χ2v) is 5.35. The third-order valence-electron chi connectivity index (χ3n) is 2.20. The van der Waals surface area contributed by atoms with Crippen molar-refractivity contribution in [2.45, 2.75) is 31.5 Å². The Kier molecular flexibility index (Phi) is 6.50. The summed E-state index contributed by atoms with van der Waals surface area (Å²) in [6.45, 7) is 1.56. The summed E-state index contributed by atoms with van der Waals surface area (Å²) < 4.78 is 13.8. The molecule has 0 aromatic carbocycles. The lowest BCUT2D eigenvalue weighted by Gasteiger charge is -2.26. The van der Waals surface area contributed by atoms with Gasteiger partial charge in [-0.1, -0.05) is 45.2 Å². The van der Waals surface area contributed by atoms with Crippen LogP contribution in [0, 0.1) is 0 Å². The molecule has 0 atom stereocenters. The highest BCUT2D eigenvalue weighted by atomic mass is 127. The Morgan fingerprint density at radius 2 is 1.38 bits per heavy atom. The monoisotopic (exact) mass is 410 g/mol. The quantitative estimate of drug-likeness (QED) is 0.495. The van der Waals surface area contributed by atoms with Crippen LogP contribution in [-0.4, -0.2) is 27.9 Å². The zero-order valence-corrected chi connectivity index (χ0v) is 12.0. The van der Waals surface area contributed by atoms with Crippen molar-refractivity contribution in [3.63, 3.8) is 0 Å². The van der Waals surface area contributed by atoms with Crippen LogP contribution in [0.25, 0.3) is 0 Å². The van der Waals surface area contributed by atoms with Crippen LogP contribution in [0.4, 0.5) is 0 Å². The Morgan fingerprint density at radius 1 is 0.923 bits per heavy atom. The Balaban J connectivity index is 2.33. The smallest absolute Gasteiger partial charge is 0.168 e. The second-order valence-electron chi connectivity index (χ2n) is 3.19. The van der Waals surface area contributed by atoms with Gasteiger partial charge in [0.2, 0.25) is 0 Å². The summed E-state index contributed by atoms with van der Waals surface area (Å²) in [4.78, 5) is 0. The first kappa shape index (κ1) is 12.4. The zero-order valence-electron chi connectivity index (χ0n) is 7.73. The molecule has 1 heterocycles. The molecule has 1 aliphatic heterocycles. The van der Waals surface area contributed by atoms with Gasteiger partial charge < -0.3 is 9.47 Å². The molecular weight excluding hydrogens is 394 g/mol. The van der Waals surface area contributed by atoms with Crippen molar-refractivity contribution in [1.29, 1.82) is 0 Å². The highest BCUT2D eigenvalue weighted by Crippen LogP contribution is 2.30. The van der Waals surface area contributed by atoms with E-state index in [1.54, 1.807) is 0 Å². The minimum Gasteiger partial charge on any atom is -0.348 e. The highest BCUT2D eigenvalue weighted by Gasteiger charge is 2.34. The third-order valence-corrected chi connectivity index (χ3v) is 3.72. The zero-order chi connectivity index (χ0) is 9.57. The Bertz CT molecular complexity index is 126. The van der Waals surface area contributed by atoms with Crippen molar-refractivity contribution in [2.75, 3.05) is 22.1 Å². The summed E-state index contributed by atoms with van der Waals surface area (Å²) in [7, 11) is 0. The fourth-order valence-corrected chi connectivity index (χ4v) is 2.35. The van der Waals surface area contributed by atoms with E-state index in [2.05, 4.69) is 45.2 Å². The molecule has 13 heavy (non-hydrogen) atoms. The van der Waals surface area contributed by atoms with Gasteiger partial charge in [-0.15, -0.1) is 0 Å². The van der Waals surface area contributed by atoms with Gasteiger partial charge in [0.1, 0.15) is 0 Å². The molecule has 0 bridgehead atoms. The van der Waals surface area contributed by atoms with E-state index >= 15 is 0 Å². The highest BCUT2D eigenvalue weighted by molar-refractivity contribution is 14.1. The van der Waals surface area contributed by atoms with Crippen LogP contribution in [-0.2, 0) is 9.47 Å². The maximum absolute atomic E-state index is 5.72. The largest absolute Gasteiger partial charge is 0.348 e. The molecule has 1 fully saturated rings. The first-order chi connectivity index (χ1) is 6.33. The molecule has 0 amide bonds. The lowest BCUT2D eigenvalue weighted by atomic mass is 10.1. The van der Waals surface area contributed by atoms with Crippen molar-refractivity contribution in [3.8, 4) is 0 Å². The van der Waals surface area contributed by atoms with Gasteiger partial charge in [0, 0.05) is 12.8 Å². The number of rotatable bonds is 6. The molecular formula is C9H16I2O2. The predicted molar refractivity (Wildman–Crippen MR) is 70.9 cm³/mol. The minimum atomic E-state index is -0.212. The molecule has 0 saturated carbocycles. The van der Waals surface area contributed by atoms with Gasteiger partial charge in [0.15, 0.2) is 5.79 Å². The third kappa shape index (κ3) is 4.17. The molecule has 0 aromatic rings. The fourth-order valence-electron chi connectivity index (χ4n) is 1.58. The molecule has 1 saturated heterocycles. The number of hydrogen-bond acceptors (Lipinski definition) is 2. The van der Waals surface area contributed by atoms with E-state index in [1.165, 1.54) is 21.7 Å². The number of ether oxygens (including phenoxy) is 2. The van der Waals surface area contributed by atoms with Gasteiger partial charge in [-0.2, -0.15) is 0 Å². The van der Waals surface area contributed by atoms with Crippen LogP contribution < -0.4 is 0 Å². The van der Waals surface area contributed by atoms with E-state index in [9.17, 15) is 0 Å². The first-order valence-corrected chi connectivity index (χ1v) is 7.78. The lowest BCUT2D eigenvalue weighted by Crippen LogP contribution is -2.30. The van der Waals surface area contributed by atoms with Crippen molar-refractivity contribution in [3.05, 3.63) is 0 Å². The summed E-state index contributed by atoms with van der Waals surface area (Å²) in [6.07, 6.45) is 4.52. The van der Waals surface area contributed by atoms with E-state index in [-0.39, 0.29) is 5.79 Å². The van der Waals surface area contributed by atoms with Gasteiger partial charge in [-0.05, 0) is 21.7 Å². The van der Waals surface area contributed by atoms with Crippen molar-refractivity contribution >= 4 is 45.2 Å². The summed E-state index contributed by atoms with van der Waals surface area (Å²) >= 11 is 4.81. The molecule has 78 valence electrons. The average molecular weight is 410 g/mol. The topological polar surface area (TPSA) is 18.5 Å². The summed E-state index contributed by atoms with van der Waals surface area (Å²) in [5.41, 5.74) is 0. The maximum atomic E-state index is 5.72. The van der Waals surface area contributed by atoms with Crippen molar-refractivity contribution in [2.24, 2.45) is 0 Å². The molecule has 0 spiro atoms. The summed E-state index contributed by atoms with van der Waals surface area (Å²) in [5, 5.41) is 0. The normalized spacial score (nSPS) is 20.8. The maximum Gasteiger partial charge on any atom is 0.168 e. The van der Waals surface area contributed by atoms with Crippen LogP contribution in [0.15, 0.2) is 0 Å². The van der Waals surface area contributed by atoms with E-state index < -0.39 is 0 Å². The number of hydrogen-bond donors (Lipinski definition) is 0. The lowest BCUT2D eigenvalue weighted by molar-refractivity contribution is -0.166. The van der Waals surface area contributed by atoms with Gasteiger partial charge in [0.05, 0.1) is 13.2 Å². The molecule has 4 heteroatoms. The van der Waals surface area contributed by atoms with Gasteiger partial charge in [0.25, 0.3) is 0 Å². The average Bonchev–Trinajstić information content (AvgIpc) is 2.61. The van der Waals surface area contributed by atoms with E-state index in [0.717, 1.165) is 26.1 Å². The van der Waals surface area contributed by atoms with E-state index in [4.69, 9.17) is 9.47 Å². The summed E-state index contributed by atoms with van der Waals surface area (Å²) in [5.74, 6) is -0.212. The van der Waals surface area contributed by atoms with Gasteiger partial charge in [-0.3, -0.25) is 0 Å². The van der Waals surface area contributed by atoms with Gasteiger partial charge >= 0.3 is 0 Å². The standard InChI is InChI=1S/C9H16I2O2/c10-5-1-3-9(4-2-6-11)12-7-8-13-9/h1-8H2. The molecule has 0 N–H and O–H groups in total. The molecule has 0 aliphatic carbocycles.